The van der Waals surface area contributed by atoms with Crippen LogP contribution in [0.5, 0.6) is 0 Å². The third-order valence-electron chi connectivity index (χ3n) is 2.71. The Balaban J connectivity index is 1.82. The lowest BCUT2D eigenvalue weighted by Gasteiger charge is -2.07. The molecule has 3 rings (SSSR count). The Hall–Kier alpha value is -1.62. The van der Waals surface area contributed by atoms with E-state index in [2.05, 4.69) is 25.0 Å². The molecule has 3 aromatic heterocycles. The average Bonchev–Trinajstić information content (AvgIpc) is 3.12. The van der Waals surface area contributed by atoms with Gasteiger partial charge in [-0.1, -0.05) is 0 Å². The number of nitrogens with one attached hydrogen (secondary N) is 2. The topological polar surface area (TPSA) is 96.9 Å². The van der Waals surface area contributed by atoms with Crippen LogP contribution in [-0.2, 0) is 10.0 Å². The Kier molecular flexibility index (Phi) is 4.34. The quantitative estimate of drug-likeness (QED) is 0.654. The van der Waals surface area contributed by atoms with Gasteiger partial charge in [0.2, 0.25) is 16.0 Å². The van der Waals surface area contributed by atoms with Crippen molar-refractivity contribution in [2.24, 2.45) is 0 Å². The normalized spacial score (nSPS) is 11.9. The fourth-order valence-corrected chi connectivity index (χ4v) is 3.83. The Morgan fingerprint density at radius 3 is 2.77 bits per heavy atom. The maximum absolute atomic E-state index is 11.0. The molecule has 0 atom stereocenters. The Morgan fingerprint density at radius 2 is 2.05 bits per heavy atom. The average molecular weight is 355 g/mol. The van der Waals surface area contributed by atoms with Gasteiger partial charge in [-0.05, 0) is 11.4 Å². The molecule has 0 fully saturated rings. The highest BCUT2D eigenvalue weighted by molar-refractivity contribution is 7.88. The van der Waals surface area contributed by atoms with Crippen molar-refractivity contribution in [1.82, 2.24) is 19.7 Å². The summed E-state index contributed by atoms with van der Waals surface area (Å²) < 4.78 is 25.4. The Bertz CT molecular complexity index is 873. The maximum atomic E-state index is 11.0. The first kappa shape index (κ1) is 15.3. The second kappa shape index (κ2) is 6.24. The van der Waals surface area contributed by atoms with Crippen LogP contribution in [0.15, 0.2) is 23.0 Å². The van der Waals surface area contributed by atoms with Crippen molar-refractivity contribution in [2.75, 3.05) is 24.7 Å². The summed E-state index contributed by atoms with van der Waals surface area (Å²) >= 11 is 3.10. The number of fused-ring (bicyclic) bond motifs is 1. The number of anilines is 1. The molecule has 22 heavy (non-hydrogen) atoms. The summed E-state index contributed by atoms with van der Waals surface area (Å²) in [5.41, 5.74) is 1.65. The summed E-state index contributed by atoms with van der Waals surface area (Å²) in [6, 6.07) is 1.93. The highest BCUT2D eigenvalue weighted by Gasteiger charge is 2.12. The van der Waals surface area contributed by atoms with Crippen molar-refractivity contribution in [3.8, 4) is 10.7 Å². The monoisotopic (exact) mass is 355 g/mol. The van der Waals surface area contributed by atoms with Gasteiger partial charge in [-0.3, -0.25) is 0 Å². The van der Waals surface area contributed by atoms with E-state index in [4.69, 9.17) is 0 Å². The predicted octanol–water partition coefficient (Wildman–Crippen LogP) is 1.78. The summed E-state index contributed by atoms with van der Waals surface area (Å²) in [4.78, 5) is 13.2. The summed E-state index contributed by atoms with van der Waals surface area (Å²) in [6.07, 6.45) is 2.87. The van der Waals surface area contributed by atoms with Crippen molar-refractivity contribution >= 4 is 48.9 Å². The van der Waals surface area contributed by atoms with E-state index in [9.17, 15) is 8.42 Å². The molecule has 0 aromatic carbocycles. The number of nitrogens with zero attached hydrogens (tertiary/aromatic N) is 3. The molecule has 0 bridgehead atoms. The van der Waals surface area contributed by atoms with Gasteiger partial charge in [0.15, 0.2) is 0 Å². The van der Waals surface area contributed by atoms with Gasteiger partial charge in [-0.15, -0.1) is 22.7 Å². The molecule has 0 spiro atoms. The third-order valence-corrected chi connectivity index (χ3v) is 5.13. The molecule has 0 aliphatic heterocycles. The SMILES string of the molecule is CS(=O)(=O)NCCNc1nc(-c2nccs2)c2sccc2n1. The molecule has 2 N–H and O–H groups in total. The highest BCUT2D eigenvalue weighted by atomic mass is 32.2. The van der Waals surface area contributed by atoms with Gasteiger partial charge in [0, 0.05) is 24.7 Å². The van der Waals surface area contributed by atoms with E-state index in [1.54, 1.807) is 17.5 Å². The lowest BCUT2D eigenvalue weighted by atomic mass is 10.3. The third kappa shape index (κ3) is 3.58. The maximum Gasteiger partial charge on any atom is 0.224 e. The predicted molar refractivity (Wildman–Crippen MR) is 89.9 cm³/mol. The van der Waals surface area contributed by atoms with E-state index < -0.39 is 10.0 Å². The number of thiazole rings is 1. The number of hydrogen-bond donors (Lipinski definition) is 2. The fourth-order valence-electron chi connectivity index (χ4n) is 1.84. The number of thiophene rings is 1. The Labute approximate surface area is 135 Å². The zero-order chi connectivity index (χ0) is 15.6. The molecule has 3 heterocycles. The van der Waals surface area contributed by atoms with Crippen molar-refractivity contribution in [2.45, 2.75) is 0 Å². The molecule has 0 aliphatic carbocycles. The molecule has 0 saturated carbocycles. The molecule has 10 heteroatoms. The van der Waals surface area contributed by atoms with Crippen molar-refractivity contribution < 1.29 is 8.42 Å². The highest BCUT2D eigenvalue weighted by Crippen LogP contribution is 2.32. The van der Waals surface area contributed by atoms with Crippen molar-refractivity contribution in [3.63, 3.8) is 0 Å². The van der Waals surface area contributed by atoms with E-state index in [1.165, 1.54) is 11.3 Å². The Morgan fingerprint density at radius 1 is 1.18 bits per heavy atom. The zero-order valence-corrected chi connectivity index (χ0v) is 14.1. The van der Waals surface area contributed by atoms with E-state index in [-0.39, 0.29) is 6.54 Å². The summed E-state index contributed by atoms with van der Waals surface area (Å²) in [5, 5.41) is 7.74. The number of rotatable bonds is 6. The van der Waals surface area contributed by atoms with Crippen LogP contribution in [0.1, 0.15) is 0 Å². The van der Waals surface area contributed by atoms with Gasteiger partial charge in [0.25, 0.3) is 0 Å². The van der Waals surface area contributed by atoms with Gasteiger partial charge >= 0.3 is 0 Å². The van der Waals surface area contributed by atoms with Crippen LogP contribution in [0, 0.1) is 0 Å². The van der Waals surface area contributed by atoms with Gasteiger partial charge in [0.1, 0.15) is 10.7 Å². The van der Waals surface area contributed by atoms with Crippen LogP contribution < -0.4 is 10.0 Å². The minimum absolute atomic E-state index is 0.274. The molecule has 0 amide bonds. The lowest BCUT2D eigenvalue weighted by molar-refractivity contribution is 0.589. The first-order valence-electron chi connectivity index (χ1n) is 6.36. The summed E-state index contributed by atoms with van der Waals surface area (Å²) in [7, 11) is -3.19. The first-order valence-corrected chi connectivity index (χ1v) is 10.0. The molecule has 0 unspecified atom stereocenters. The van der Waals surface area contributed by atoms with Crippen LogP contribution in [0.4, 0.5) is 5.95 Å². The molecule has 0 saturated heterocycles. The molecule has 3 aromatic rings. The fraction of sp³-hybridized carbons (Fsp3) is 0.250. The number of sulfonamides is 1. The van der Waals surface area contributed by atoms with Gasteiger partial charge in [0.05, 0.1) is 16.5 Å². The van der Waals surface area contributed by atoms with E-state index >= 15 is 0 Å². The smallest absolute Gasteiger partial charge is 0.224 e. The van der Waals surface area contributed by atoms with E-state index in [1.807, 2.05) is 16.8 Å². The van der Waals surface area contributed by atoms with Crippen LogP contribution in [0.25, 0.3) is 20.9 Å². The molecule has 7 nitrogen and oxygen atoms in total. The van der Waals surface area contributed by atoms with Crippen LogP contribution in [-0.4, -0.2) is 42.7 Å². The van der Waals surface area contributed by atoms with Crippen LogP contribution >= 0.6 is 22.7 Å². The summed E-state index contributed by atoms with van der Waals surface area (Å²) in [6.45, 7) is 0.677. The lowest BCUT2D eigenvalue weighted by Crippen LogP contribution is -2.28. The first-order chi connectivity index (χ1) is 10.5. The standard InChI is InChI=1S/C12H13N5O2S3/c1-22(18,19)15-4-3-14-12-16-8-2-6-20-10(8)9(17-12)11-13-5-7-21-11/h2,5-7,15H,3-4H2,1H3,(H,14,16,17). The van der Waals surface area contributed by atoms with E-state index in [0.29, 0.717) is 12.5 Å². The van der Waals surface area contributed by atoms with Crippen molar-refractivity contribution in [1.29, 1.82) is 0 Å². The molecule has 0 aliphatic rings. The number of hydrogen-bond acceptors (Lipinski definition) is 8. The molecule has 0 radical (unpaired) electrons. The number of aromatic nitrogens is 3. The van der Waals surface area contributed by atoms with Gasteiger partial charge < -0.3 is 5.32 Å². The largest absolute Gasteiger partial charge is 0.353 e. The second-order valence-electron chi connectivity index (χ2n) is 4.46. The zero-order valence-electron chi connectivity index (χ0n) is 11.6. The summed E-state index contributed by atoms with van der Waals surface area (Å²) in [5.74, 6) is 0.464. The minimum atomic E-state index is -3.19. The van der Waals surface area contributed by atoms with Gasteiger partial charge in [-0.25, -0.2) is 28.1 Å². The van der Waals surface area contributed by atoms with Crippen molar-refractivity contribution in [3.05, 3.63) is 23.0 Å². The second-order valence-corrected chi connectivity index (χ2v) is 8.11. The van der Waals surface area contributed by atoms with Crippen LogP contribution in [0.3, 0.4) is 0 Å². The van der Waals surface area contributed by atoms with Gasteiger partial charge in [-0.2, -0.15) is 0 Å². The molecular weight excluding hydrogens is 342 g/mol. The van der Waals surface area contributed by atoms with E-state index in [0.717, 1.165) is 27.2 Å². The van der Waals surface area contributed by atoms with Crippen LogP contribution in [0.2, 0.25) is 0 Å². The molecule has 116 valence electrons. The minimum Gasteiger partial charge on any atom is -0.353 e. The molecular formula is C12H13N5O2S3.